The lowest BCUT2D eigenvalue weighted by atomic mass is 9.96. The van der Waals surface area contributed by atoms with Gasteiger partial charge in [-0.05, 0) is 57.2 Å². The average molecular weight is 343 g/mol. The fourth-order valence-corrected chi connectivity index (χ4v) is 3.78. The minimum absolute atomic E-state index is 0.00160. The lowest BCUT2D eigenvalue weighted by molar-refractivity contribution is -0.135. The Morgan fingerprint density at radius 2 is 2.08 bits per heavy atom. The van der Waals surface area contributed by atoms with Crippen LogP contribution in [0, 0.1) is 12.8 Å². The van der Waals surface area contributed by atoms with Gasteiger partial charge in [0.25, 0.3) is 0 Å². The Labute approximate surface area is 150 Å². The molecule has 2 atom stereocenters. The first-order chi connectivity index (χ1) is 12.1. The summed E-state index contributed by atoms with van der Waals surface area (Å²) in [5.74, 6) is 0.738. The van der Waals surface area contributed by atoms with E-state index in [4.69, 9.17) is 0 Å². The largest absolute Gasteiger partial charge is 0.354 e. The second kappa shape index (κ2) is 8.48. The first-order valence-corrected chi connectivity index (χ1v) is 9.47. The van der Waals surface area contributed by atoms with Crippen molar-refractivity contribution in [2.24, 2.45) is 5.92 Å². The number of aryl methyl sites for hydroxylation is 1. The van der Waals surface area contributed by atoms with Crippen LogP contribution >= 0.6 is 0 Å². The molecule has 5 heteroatoms. The Balaban J connectivity index is 1.51. The molecule has 2 amide bonds. The molecule has 2 unspecified atom stereocenters. The molecule has 2 aliphatic heterocycles. The Morgan fingerprint density at radius 1 is 1.28 bits per heavy atom. The monoisotopic (exact) mass is 343 g/mol. The van der Waals surface area contributed by atoms with Gasteiger partial charge in [-0.2, -0.15) is 0 Å². The lowest BCUT2D eigenvalue weighted by Crippen LogP contribution is -2.45. The van der Waals surface area contributed by atoms with Gasteiger partial charge in [-0.1, -0.05) is 29.8 Å². The van der Waals surface area contributed by atoms with Crippen molar-refractivity contribution in [2.75, 3.05) is 19.6 Å². The summed E-state index contributed by atoms with van der Waals surface area (Å²) in [5, 5.41) is 6.46. The molecular formula is C20H29N3O2. The molecule has 5 nitrogen and oxygen atoms in total. The molecule has 2 saturated heterocycles. The van der Waals surface area contributed by atoms with Gasteiger partial charge in [0.15, 0.2) is 0 Å². The van der Waals surface area contributed by atoms with Crippen LogP contribution < -0.4 is 10.6 Å². The van der Waals surface area contributed by atoms with Crippen LogP contribution in [0.25, 0.3) is 0 Å². The maximum Gasteiger partial charge on any atom is 0.242 e. The highest BCUT2D eigenvalue weighted by molar-refractivity contribution is 5.90. The standard InChI is InChI=1S/C20H29N3O2/c1-15-4-6-17(7-5-15)14-23-18(8-9-19(23)24)20(25)22-12-10-16-3-2-11-21-13-16/h4-7,16,18,21H,2-3,8-14H2,1H3,(H,22,25). The van der Waals surface area contributed by atoms with E-state index >= 15 is 0 Å². The van der Waals surface area contributed by atoms with Crippen molar-refractivity contribution in [3.05, 3.63) is 35.4 Å². The Bertz CT molecular complexity index is 593. The highest BCUT2D eigenvalue weighted by atomic mass is 16.2. The van der Waals surface area contributed by atoms with Crippen LogP contribution in [0.3, 0.4) is 0 Å². The Morgan fingerprint density at radius 3 is 2.80 bits per heavy atom. The van der Waals surface area contributed by atoms with Crippen LogP contribution in [0.5, 0.6) is 0 Å². The van der Waals surface area contributed by atoms with E-state index in [-0.39, 0.29) is 17.9 Å². The molecule has 0 bridgehead atoms. The van der Waals surface area contributed by atoms with E-state index in [1.54, 1.807) is 4.90 Å². The van der Waals surface area contributed by atoms with Crippen molar-refractivity contribution >= 4 is 11.8 Å². The van der Waals surface area contributed by atoms with Crippen molar-refractivity contribution in [1.82, 2.24) is 15.5 Å². The molecule has 25 heavy (non-hydrogen) atoms. The van der Waals surface area contributed by atoms with E-state index in [0.29, 0.717) is 31.8 Å². The number of carbonyl (C=O) groups excluding carboxylic acids is 2. The van der Waals surface area contributed by atoms with Crippen LogP contribution in [0.4, 0.5) is 0 Å². The maximum atomic E-state index is 12.6. The molecule has 0 aromatic heterocycles. The third-order valence-corrected chi connectivity index (χ3v) is 5.36. The predicted octanol–water partition coefficient (Wildman–Crippen LogP) is 1.99. The normalized spacial score (nSPS) is 23.7. The number of hydrogen-bond acceptors (Lipinski definition) is 3. The summed E-state index contributed by atoms with van der Waals surface area (Å²) in [5.41, 5.74) is 2.27. The molecule has 0 aliphatic carbocycles. The van der Waals surface area contributed by atoms with Gasteiger partial charge in [0.1, 0.15) is 6.04 Å². The number of piperidine rings is 1. The molecule has 136 valence electrons. The zero-order chi connectivity index (χ0) is 17.6. The van der Waals surface area contributed by atoms with Crippen LogP contribution in [-0.2, 0) is 16.1 Å². The van der Waals surface area contributed by atoms with E-state index in [9.17, 15) is 9.59 Å². The molecule has 0 spiro atoms. The smallest absolute Gasteiger partial charge is 0.242 e. The van der Waals surface area contributed by atoms with E-state index < -0.39 is 0 Å². The van der Waals surface area contributed by atoms with Gasteiger partial charge >= 0.3 is 0 Å². The summed E-state index contributed by atoms with van der Waals surface area (Å²) in [7, 11) is 0. The van der Waals surface area contributed by atoms with Crippen molar-refractivity contribution in [3.8, 4) is 0 Å². The first-order valence-electron chi connectivity index (χ1n) is 9.47. The number of rotatable bonds is 6. The summed E-state index contributed by atoms with van der Waals surface area (Å²) in [6.07, 6.45) is 4.57. The van der Waals surface area contributed by atoms with Gasteiger partial charge in [0.2, 0.25) is 11.8 Å². The fourth-order valence-electron chi connectivity index (χ4n) is 3.78. The van der Waals surface area contributed by atoms with Crippen molar-refractivity contribution in [3.63, 3.8) is 0 Å². The van der Waals surface area contributed by atoms with Gasteiger partial charge in [-0.25, -0.2) is 0 Å². The summed E-state index contributed by atoms with van der Waals surface area (Å²) >= 11 is 0. The number of likely N-dealkylation sites (tertiary alicyclic amines) is 1. The molecule has 2 aliphatic rings. The predicted molar refractivity (Wildman–Crippen MR) is 98.0 cm³/mol. The average Bonchev–Trinajstić information content (AvgIpc) is 2.98. The number of nitrogens with one attached hydrogen (secondary N) is 2. The quantitative estimate of drug-likeness (QED) is 0.830. The molecule has 3 rings (SSSR count). The number of amides is 2. The summed E-state index contributed by atoms with van der Waals surface area (Å²) in [4.78, 5) is 26.5. The highest BCUT2D eigenvalue weighted by Crippen LogP contribution is 2.22. The fraction of sp³-hybridized carbons (Fsp3) is 0.600. The minimum atomic E-state index is -0.321. The second-order valence-electron chi connectivity index (χ2n) is 7.35. The van der Waals surface area contributed by atoms with E-state index in [0.717, 1.165) is 25.1 Å². The molecule has 1 aromatic carbocycles. The maximum absolute atomic E-state index is 12.6. The first kappa shape index (κ1) is 17.9. The highest BCUT2D eigenvalue weighted by Gasteiger charge is 2.35. The zero-order valence-electron chi connectivity index (χ0n) is 15.1. The number of benzene rings is 1. The third kappa shape index (κ3) is 4.82. The Kier molecular flexibility index (Phi) is 6.08. The zero-order valence-corrected chi connectivity index (χ0v) is 15.1. The van der Waals surface area contributed by atoms with Crippen molar-refractivity contribution in [1.29, 1.82) is 0 Å². The molecule has 2 heterocycles. The number of carbonyl (C=O) groups is 2. The van der Waals surface area contributed by atoms with Gasteiger partial charge in [-0.15, -0.1) is 0 Å². The van der Waals surface area contributed by atoms with E-state index in [2.05, 4.69) is 10.6 Å². The van der Waals surface area contributed by atoms with E-state index in [1.807, 2.05) is 31.2 Å². The van der Waals surface area contributed by atoms with E-state index in [1.165, 1.54) is 18.4 Å². The number of hydrogen-bond donors (Lipinski definition) is 2. The SMILES string of the molecule is Cc1ccc(CN2C(=O)CCC2C(=O)NCCC2CCCNC2)cc1. The molecule has 2 fully saturated rings. The summed E-state index contributed by atoms with van der Waals surface area (Å²) in [6.45, 7) is 5.43. The van der Waals surface area contributed by atoms with Crippen LogP contribution in [0.15, 0.2) is 24.3 Å². The second-order valence-corrected chi connectivity index (χ2v) is 7.35. The Hall–Kier alpha value is -1.88. The summed E-state index contributed by atoms with van der Waals surface area (Å²) < 4.78 is 0. The van der Waals surface area contributed by atoms with Crippen molar-refractivity contribution in [2.45, 2.75) is 51.6 Å². The number of nitrogens with zero attached hydrogens (tertiary/aromatic N) is 1. The van der Waals surface area contributed by atoms with Gasteiger partial charge < -0.3 is 15.5 Å². The molecule has 1 aromatic rings. The van der Waals surface area contributed by atoms with Gasteiger partial charge in [0.05, 0.1) is 0 Å². The van der Waals surface area contributed by atoms with Crippen LogP contribution in [0.1, 0.15) is 43.2 Å². The van der Waals surface area contributed by atoms with Crippen molar-refractivity contribution < 1.29 is 9.59 Å². The molecule has 2 N–H and O–H groups in total. The van der Waals surface area contributed by atoms with Gasteiger partial charge in [-0.3, -0.25) is 9.59 Å². The minimum Gasteiger partial charge on any atom is -0.354 e. The molecule has 0 saturated carbocycles. The lowest BCUT2D eigenvalue weighted by Gasteiger charge is -2.25. The molecular weight excluding hydrogens is 314 g/mol. The van der Waals surface area contributed by atoms with Gasteiger partial charge in [0, 0.05) is 19.5 Å². The van der Waals surface area contributed by atoms with Crippen LogP contribution in [-0.4, -0.2) is 42.4 Å². The summed E-state index contributed by atoms with van der Waals surface area (Å²) in [6, 6.07) is 7.84. The molecule has 0 radical (unpaired) electrons. The third-order valence-electron chi connectivity index (χ3n) is 5.36. The van der Waals surface area contributed by atoms with Crippen LogP contribution in [0.2, 0.25) is 0 Å². The topological polar surface area (TPSA) is 61.4 Å².